The first kappa shape index (κ1) is 11.9. The number of benzene rings is 1. The Morgan fingerprint density at radius 3 is 2.38 bits per heavy atom. The van der Waals surface area contributed by atoms with Crippen LogP contribution in [-0.4, -0.2) is 22.5 Å². The molecule has 5 nitrogen and oxygen atoms in total. The Morgan fingerprint density at radius 1 is 1.19 bits per heavy atom. The standard InChI is InChI=1S/C11H13N3O2/c1-8(9(2)14-16)12-13-11(15)10-6-4-3-5-7-10/h3-7,16H,1-2H3,(H,13,15)/b12-8-,14-9+. The second kappa shape index (κ2) is 5.65. The van der Waals surface area contributed by atoms with Gasteiger partial charge >= 0.3 is 0 Å². The minimum absolute atomic E-state index is 0.300. The Morgan fingerprint density at radius 2 is 1.81 bits per heavy atom. The molecule has 16 heavy (non-hydrogen) atoms. The molecule has 84 valence electrons. The van der Waals surface area contributed by atoms with E-state index in [4.69, 9.17) is 5.21 Å². The van der Waals surface area contributed by atoms with E-state index in [0.717, 1.165) is 0 Å². The minimum atomic E-state index is -0.300. The van der Waals surface area contributed by atoms with E-state index >= 15 is 0 Å². The number of rotatable bonds is 3. The second-order valence-corrected chi connectivity index (χ2v) is 3.19. The zero-order valence-electron chi connectivity index (χ0n) is 9.14. The topological polar surface area (TPSA) is 74.0 Å². The summed E-state index contributed by atoms with van der Waals surface area (Å²) in [4.78, 5) is 11.5. The number of hydrazone groups is 1. The highest BCUT2D eigenvalue weighted by molar-refractivity contribution is 6.40. The molecule has 5 heteroatoms. The van der Waals surface area contributed by atoms with Crippen molar-refractivity contribution >= 4 is 17.3 Å². The number of oxime groups is 1. The van der Waals surface area contributed by atoms with Gasteiger partial charge in [0.15, 0.2) is 0 Å². The van der Waals surface area contributed by atoms with Crippen LogP contribution < -0.4 is 5.43 Å². The quantitative estimate of drug-likeness (QED) is 0.460. The summed E-state index contributed by atoms with van der Waals surface area (Å²) in [5.74, 6) is -0.300. The van der Waals surface area contributed by atoms with Gasteiger partial charge in [0.1, 0.15) is 0 Å². The van der Waals surface area contributed by atoms with E-state index in [9.17, 15) is 4.79 Å². The van der Waals surface area contributed by atoms with Crippen LogP contribution >= 0.6 is 0 Å². The van der Waals surface area contributed by atoms with Gasteiger partial charge in [-0.3, -0.25) is 4.79 Å². The Hall–Kier alpha value is -2.17. The average molecular weight is 219 g/mol. The molecule has 1 rings (SSSR count). The van der Waals surface area contributed by atoms with Crippen molar-refractivity contribution in [2.24, 2.45) is 10.3 Å². The predicted octanol–water partition coefficient (Wildman–Crippen LogP) is 1.64. The molecule has 1 aromatic rings. The molecule has 0 heterocycles. The second-order valence-electron chi connectivity index (χ2n) is 3.19. The first-order valence-corrected chi connectivity index (χ1v) is 4.74. The Labute approximate surface area is 93.5 Å². The van der Waals surface area contributed by atoms with Crippen LogP contribution in [0, 0.1) is 0 Å². The largest absolute Gasteiger partial charge is 0.411 e. The molecule has 2 N–H and O–H groups in total. The van der Waals surface area contributed by atoms with Crippen molar-refractivity contribution in [2.75, 3.05) is 0 Å². The first-order valence-electron chi connectivity index (χ1n) is 4.74. The number of amides is 1. The molecule has 0 bridgehead atoms. The summed E-state index contributed by atoms with van der Waals surface area (Å²) in [6.45, 7) is 3.23. The Bertz CT molecular complexity index is 424. The van der Waals surface area contributed by atoms with E-state index in [2.05, 4.69) is 15.7 Å². The lowest BCUT2D eigenvalue weighted by Gasteiger charge is -2.01. The van der Waals surface area contributed by atoms with Gasteiger partial charge < -0.3 is 5.21 Å². The maximum atomic E-state index is 11.5. The highest BCUT2D eigenvalue weighted by Gasteiger charge is 2.03. The molecule has 0 aliphatic heterocycles. The van der Waals surface area contributed by atoms with Crippen LogP contribution in [0.3, 0.4) is 0 Å². The van der Waals surface area contributed by atoms with Crippen LogP contribution in [-0.2, 0) is 0 Å². The summed E-state index contributed by atoms with van der Waals surface area (Å²) in [6, 6.07) is 8.74. The van der Waals surface area contributed by atoms with Crippen LogP contribution in [0.25, 0.3) is 0 Å². The summed E-state index contributed by atoms with van der Waals surface area (Å²) >= 11 is 0. The summed E-state index contributed by atoms with van der Waals surface area (Å²) in [6.07, 6.45) is 0. The lowest BCUT2D eigenvalue weighted by atomic mass is 10.2. The minimum Gasteiger partial charge on any atom is -0.411 e. The van der Waals surface area contributed by atoms with Crippen molar-refractivity contribution in [3.05, 3.63) is 35.9 Å². The molecule has 1 amide bonds. The van der Waals surface area contributed by atoms with E-state index in [1.54, 1.807) is 38.1 Å². The van der Waals surface area contributed by atoms with Crippen molar-refractivity contribution < 1.29 is 10.0 Å². The third-order valence-corrected chi connectivity index (χ3v) is 2.03. The number of hydrogen-bond donors (Lipinski definition) is 2. The van der Waals surface area contributed by atoms with Gasteiger partial charge in [-0.15, -0.1) is 0 Å². The fraction of sp³-hybridized carbons (Fsp3) is 0.182. The average Bonchev–Trinajstić information content (AvgIpc) is 2.35. The van der Waals surface area contributed by atoms with Crippen molar-refractivity contribution in [2.45, 2.75) is 13.8 Å². The molecule has 0 saturated carbocycles. The molecule has 0 fully saturated rings. The van der Waals surface area contributed by atoms with Crippen LogP contribution in [0.5, 0.6) is 0 Å². The summed E-state index contributed by atoms with van der Waals surface area (Å²) in [5.41, 5.74) is 3.70. The van der Waals surface area contributed by atoms with E-state index in [1.807, 2.05) is 6.07 Å². The first-order chi connectivity index (χ1) is 7.65. The monoisotopic (exact) mass is 219 g/mol. The van der Waals surface area contributed by atoms with E-state index in [1.165, 1.54) is 0 Å². The van der Waals surface area contributed by atoms with Gasteiger partial charge in [0, 0.05) is 5.56 Å². The molecule has 0 aliphatic carbocycles. The SMILES string of the molecule is CC(=N/NC(=O)c1ccccc1)/C(C)=N/O. The fourth-order valence-corrected chi connectivity index (χ4v) is 0.942. The van der Waals surface area contributed by atoms with Crippen molar-refractivity contribution in [1.82, 2.24) is 5.43 Å². The predicted molar refractivity (Wildman–Crippen MR) is 61.9 cm³/mol. The van der Waals surface area contributed by atoms with Crippen LogP contribution in [0.2, 0.25) is 0 Å². The number of carbonyl (C=O) groups is 1. The molecule has 0 atom stereocenters. The molecule has 1 aromatic carbocycles. The van der Waals surface area contributed by atoms with Crippen LogP contribution in [0.15, 0.2) is 40.6 Å². The summed E-state index contributed by atoms with van der Waals surface area (Å²) in [5, 5.41) is 15.3. The van der Waals surface area contributed by atoms with Gasteiger partial charge in [-0.2, -0.15) is 5.10 Å². The summed E-state index contributed by atoms with van der Waals surface area (Å²) < 4.78 is 0. The molecule has 0 radical (unpaired) electrons. The van der Waals surface area contributed by atoms with Gasteiger partial charge in [-0.05, 0) is 26.0 Å². The molecule has 0 spiro atoms. The van der Waals surface area contributed by atoms with Gasteiger partial charge in [0.05, 0.1) is 11.4 Å². The summed E-state index contributed by atoms with van der Waals surface area (Å²) in [7, 11) is 0. The maximum Gasteiger partial charge on any atom is 0.271 e. The van der Waals surface area contributed by atoms with Crippen molar-refractivity contribution in [3.8, 4) is 0 Å². The lowest BCUT2D eigenvalue weighted by Crippen LogP contribution is -2.21. The zero-order chi connectivity index (χ0) is 12.0. The van der Waals surface area contributed by atoms with Gasteiger partial charge in [0.25, 0.3) is 5.91 Å². The smallest absolute Gasteiger partial charge is 0.271 e. The van der Waals surface area contributed by atoms with Gasteiger partial charge in [-0.25, -0.2) is 5.43 Å². The van der Waals surface area contributed by atoms with Gasteiger partial charge in [-0.1, -0.05) is 23.4 Å². The number of hydrogen-bond acceptors (Lipinski definition) is 4. The lowest BCUT2D eigenvalue weighted by molar-refractivity contribution is 0.0955. The molecule has 0 aliphatic rings. The van der Waals surface area contributed by atoms with Crippen LogP contribution in [0.4, 0.5) is 0 Å². The molecular formula is C11H13N3O2. The highest BCUT2D eigenvalue weighted by Crippen LogP contribution is 1.97. The van der Waals surface area contributed by atoms with E-state index in [-0.39, 0.29) is 5.91 Å². The van der Waals surface area contributed by atoms with Gasteiger partial charge in [0.2, 0.25) is 0 Å². The van der Waals surface area contributed by atoms with Crippen molar-refractivity contribution in [3.63, 3.8) is 0 Å². The van der Waals surface area contributed by atoms with E-state index in [0.29, 0.717) is 17.0 Å². The number of nitrogens with zero attached hydrogens (tertiary/aromatic N) is 2. The molecular weight excluding hydrogens is 206 g/mol. The van der Waals surface area contributed by atoms with E-state index < -0.39 is 0 Å². The Kier molecular flexibility index (Phi) is 4.20. The fourth-order valence-electron chi connectivity index (χ4n) is 0.942. The number of carbonyl (C=O) groups excluding carboxylic acids is 1. The highest BCUT2D eigenvalue weighted by atomic mass is 16.4. The normalized spacial score (nSPS) is 12.4. The zero-order valence-corrected chi connectivity index (χ0v) is 9.14. The third kappa shape index (κ3) is 3.20. The molecule has 0 unspecified atom stereocenters. The van der Waals surface area contributed by atoms with Crippen LogP contribution in [0.1, 0.15) is 24.2 Å². The molecule has 0 aromatic heterocycles. The Balaban J connectivity index is 2.67. The molecule has 0 saturated heterocycles. The third-order valence-electron chi connectivity index (χ3n) is 2.03. The number of nitrogens with one attached hydrogen (secondary N) is 1. The van der Waals surface area contributed by atoms with Crippen molar-refractivity contribution in [1.29, 1.82) is 0 Å². The maximum absolute atomic E-state index is 11.5.